The summed E-state index contributed by atoms with van der Waals surface area (Å²) < 4.78 is 7.37. The predicted octanol–water partition coefficient (Wildman–Crippen LogP) is 0.0907. The lowest BCUT2D eigenvalue weighted by molar-refractivity contribution is -0.139. The first-order valence-electron chi connectivity index (χ1n) is 6.93. The Morgan fingerprint density at radius 3 is 3.05 bits per heavy atom. The van der Waals surface area contributed by atoms with Crippen molar-refractivity contribution >= 4 is 5.91 Å². The van der Waals surface area contributed by atoms with Gasteiger partial charge in [-0.3, -0.25) is 4.79 Å². The molecule has 1 saturated carbocycles. The largest absolute Gasteiger partial charge is 0.374 e. The Bertz CT molecular complexity index is 418. The molecule has 2 aliphatic rings. The van der Waals surface area contributed by atoms with Gasteiger partial charge in [-0.25, -0.2) is 4.68 Å². The minimum atomic E-state index is 0.224. The van der Waals surface area contributed by atoms with E-state index in [1.54, 1.807) is 11.0 Å². The summed E-state index contributed by atoms with van der Waals surface area (Å²) >= 11 is 0. The Morgan fingerprint density at radius 1 is 1.42 bits per heavy atom. The summed E-state index contributed by atoms with van der Waals surface area (Å²) in [6.45, 7) is 2.87. The van der Waals surface area contributed by atoms with Crippen molar-refractivity contribution in [3.8, 4) is 0 Å². The molecule has 19 heavy (non-hydrogen) atoms. The molecular formula is C12H19N5O2. The van der Waals surface area contributed by atoms with Crippen LogP contribution in [0.2, 0.25) is 0 Å². The minimum Gasteiger partial charge on any atom is -0.374 e. The van der Waals surface area contributed by atoms with E-state index in [9.17, 15) is 4.79 Å². The molecule has 2 heterocycles. The van der Waals surface area contributed by atoms with Crippen LogP contribution in [0, 0.1) is 5.92 Å². The summed E-state index contributed by atoms with van der Waals surface area (Å²) in [7, 11) is 0. The van der Waals surface area contributed by atoms with Gasteiger partial charge in [0.1, 0.15) is 6.33 Å². The maximum absolute atomic E-state index is 12.1. The third-order valence-corrected chi connectivity index (χ3v) is 3.76. The molecule has 1 saturated heterocycles. The van der Waals surface area contributed by atoms with Crippen molar-refractivity contribution in [3.63, 3.8) is 0 Å². The first kappa shape index (κ1) is 12.5. The predicted molar refractivity (Wildman–Crippen MR) is 66.1 cm³/mol. The highest BCUT2D eigenvalue weighted by atomic mass is 16.5. The number of rotatable bonds is 5. The molecule has 0 aromatic carbocycles. The second-order valence-corrected chi connectivity index (χ2v) is 5.26. The summed E-state index contributed by atoms with van der Waals surface area (Å²) in [4.78, 5) is 14.1. The Hall–Kier alpha value is -1.50. The number of ether oxygens (including phenoxy) is 1. The van der Waals surface area contributed by atoms with Crippen molar-refractivity contribution in [2.45, 2.75) is 38.3 Å². The number of carbonyl (C=O) groups is 1. The van der Waals surface area contributed by atoms with Crippen LogP contribution in [0.3, 0.4) is 0 Å². The fourth-order valence-electron chi connectivity index (χ4n) is 2.49. The van der Waals surface area contributed by atoms with E-state index in [2.05, 4.69) is 15.5 Å². The minimum absolute atomic E-state index is 0.224. The highest BCUT2D eigenvalue weighted by Gasteiger charge is 2.36. The number of aromatic nitrogens is 4. The van der Waals surface area contributed by atoms with E-state index in [0.717, 1.165) is 19.5 Å². The van der Waals surface area contributed by atoms with E-state index in [1.807, 2.05) is 4.90 Å². The van der Waals surface area contributed by atoms with Gasteiger partial charge in [-0.2, -0.15) is 0 Å². The molecule has 2 fully saturated rings. The Balaban J connectivity index is 1.41. The third kappa shape index (κ3) is 3.28. The average molecular weight is 265 g/mol. The third-order valence-electron chi connectivity index (χ3n) is 3.76. The number of morpholine rings is 1. The van der Waals surface area contributed by atoms with Crippen LogP contribution in [0.15, 0.2) is 6.33 Å². The lowest BCUT2D eigenvalue weighted by Gasteiger charge is -2.33. The maximum atomic E-state index is 12.1. The topological polar surface area (TPSA) is 73.1 Å². The van der Waals surface area contributed by atoms with Crippen molar-refractivity contribution < 1.29 is 9.53 Å². The van der Waals surface area contributed by atoms with Gasteiger partial charge in [0.2, 0.25) is 5.91 Å². The van der Waals surface area contributed by atoms with Crippen molar-refractivity contribution in [2.75, 3.05) is 19.7 Å². The summed E-state index contributed by atoms with van der Waals surface area (Å²) in [5.74, 6) is 0.916. The maximum Gasteiger partial charge on any atom is 0.222 e. The van der Waals surface area contributed by atoms with Gasteiger partial charge in [0.15, 0.2) is 0 Å². The Morgan fingerprint density at radius 2 is 2.32 bits per heavy atom. The molecule has 3 rings (SSSR count). The molecule has 1 aliphatic carbocycles. The van der Waals surface area contributed by atoms with Crippen LogP contribution in [0.5, 0.6) is 0 Å². The lowest BCUT2D eigenvalue weighted by Crippen LogP contribution is -2.46. The number of amides is 1. The summed E-state index contributed by atoms with van der Waals surface area (Å²) in [5, 5.41) is 10.9. The van der Waals surface area contributed by atoms with E-state index in [0.29, 0.717) is 25.5 Å². The molecule has 1 amide bonds. The second-order valence-electron chi connectivity index (χ2n) is 5.26. The highest BCUT2D eigenvalue weighted by molar-refractivity contribution is 5.76. The zero-order valence-corrected chi connectivity index (χ0v) is 10.9. The molecule has 0 radical (unpaired) electrons. The van der Waals surface area contributed by atoms with E-state index in [1.165, 1.54) is 12.8 Å². The van der Waals surface area contributed by atoms with Gasteiger partial charge in [0, 0.05) is 26.1 Å². The Kier molecular flexibility index (Phi) is 3.72. The quantitative estimate of drug-likeness (QED) is 0.754. The Labute approximate surface area is 111 Å². The second kappa shape index (κ2) is 5.64. The van der Waals surface area contributed by atoms with Crippen LogP contribution in [0.1, 0.15) is 25.7 Å². The fourth-order valence-corrected chi connectivity index (χ4v) is 2.49. The molecule has 1 aromatic rings. The molecule has 1 aromatic heterocycles. The van der Waals surface area contributed by atoms with Crippen molar-refractivity contribution in [2.24, 2.45) is 5.92 Å². The number of carbonyl (C=O) groups excluding carboxylic acids is 1. The van der Waals surface area contributed by atoms with Crippen molar-refractivity contribution in [1.29, 1.82) is 0 Å². The van der Waals surface area contributed by atoms with Crippen LogP contribution in [0.4, 0.5) is 0 Å². The number of nitrogens with zero attached hydrogens (tertiary/aromatic N) is 5. The molecule has 0 N–H and O–H groups in total. The standard InChI is InChI=1S/C12H19N5O2/c18-12(2-1-5-17-9-13-14-15-17)16-6-7-19-11(8-16)10-3-4-10/h9-11H,1-8H2/t11-/m1/s1. The van der Waals surface area contributed by atoms with Gasteiger partial charge in [0.05, 0.1) is 12.7 Å². The van der Waals surface area contributed by atoms with Crippen molar-refractivity contribution in [3.05, 3.63) is 6.33 Å². The molecule has 0 bridgehead atoms. The van der Waals surface area contributed by atoms with Gasteiger partial charge < -0.3 is 9.64 Å². The SMILES string of the molecule is O=C(CCCn1cnnn1)N1CCO[C@@H](C2CC2)C1. The number of aryl methyl sites for hydroxylation is 1. The lowest BCUT2D eigenvalue weighted by atomic mass is 10.1. The first-order valence-corrected chi connectivity index (χ1v) is 6.93. The number of tetrazole rings is 1. The molecule has 1 aliphatic heterocycles. The van der Waals surface area contributed by atoms with Gasteiger partial charge in [0.25, 0.3) is 0 Å². The van der Waals surface area contributed by atoms with E-state index < -0.39 is 0 Å². The number of hydrogen-bond acceptors (Lipinski definition) is 5. The van der Waals surface area contributed by atoms with Crippen molar-refractivity contribution in [1.82, 2.24) is 25.1 Å². The van der Waals surface area contributed by atoms with Crippen LogP contribution in [0.25, 0.3) is 0 Å². The van der Waals surface area contributed by atoms with E-state index >= 15 is 0 Å². The molecule has 7 heteroatoms. The van der Waals surface area contributed by atoms with Crippen LogP contribution >= 0.6 is 0 Å². The van der Waals surface area contributed by atoms with E-state index in [4.69, 9.17) is 4.74 Å². The van der Waals surface area contributed by atoms with Gasteiger partial charge >= 0.3 is 0 Å². The van der Waals surface area contributed by atoms with E-state index in [-0.39, 0.29) is 12.0 Å². The highest BCUT2D eigenvalue weighted by Crippen LogP contribution is 2.35. The zero-order chi connectivity index (χ0) is 13.1. The zero-order valence-electron chi connectivity index (χ0n) is 10.9. The normalized spacial score (nSPS) is 23.6. The summed E-state index contributed by atoms with van der Waals surface area (Å²) in [5.41, 5.74) is 0. The molecule has 7 nitrogen and oxygen atoms in total. The smallest absolute Gasteiger partial charge is 0.222 e. The molecule has 0 unspecified atom stereocenters. The van der Waals surface area contributed by atoms with Crippen LogP contribution < -0.4 is 0 Å². The summed E-state index contributed by atoms with van der Waals surface area (Å²) in [6, 6.07) is 0. The van der Waals surface area contributed by atoms with Gasteiger partial charge in [-0.05, 0) is 35.6 Å². The molecule has 1 atom stereocenters. The summed E-state index contributed by atoms with van der Waals surface area (Å²) in [6.07, 6.45) is 5.68. The monoisotopic (exact) mass is 265 g/mol. The number of hydrogen-bond donors (Lipinski definition) is 0. The van der Waals surface area contributed by atoms with Gasteiger partial charge in [-0.1, -0.05) is 0 Å². The molecular weight excluding hydrogens is 246 g/mol. The van der Waals surface area contributed by atoms with Crippen LogP contribution in [-0.2, 0) is 16.1 Å². The first-order chi connectivity index (χ1) is 9.33. The fraction of sp³-hybridized carbons (Fsp3) is 0.833. The van der Waals surface area contributed by atoms with Gasteiger partial charge in [-0.15, -0.1) is 5.10 Å². The van der Waals surface area contributed by atoms with Crippen LogP contribution in [-0.4, -0.2) is 56.8 Å². The average Bonchev–Trinajstić information content (AvgIpc) is 3.17. The molecule has 0 spiro atoms. The molecule has 104 valence electrons.